The molecule has 0 saturated carbocycles. The van der Waals surface area contributed by atoms with Crippen molar-refractivity contribution < 1.29 is 9.72 Å². The van der Waals surface area contributed by atoms with Crippen molar-refractivity contribution in [1.29, 1.82) is 0 Å². The van der Waals surface area contributed by atoms with E-state index in [1.807, 2.05) is 78.9 Å². The van der Waals surface area contributed by atoms with Crippen molar-refractivity contribution in [2.75, 3.05) is 0 Å². The number of aromatic amines is 1. The Labute approximate surface area is 231 Å². The first-order valence-electron chi connectivity index (χ1n) is 12.8. The molecule has 7 heteroatoms. The Bertz CT molecular complexity index is 1750. The van der Waals surface area contributed by atoms with Gasteiger partial charge in [0, 0.05) is 17.7 Å². The molecule has 0 unspecified atom stereocenters. The Hall–Kier alpha value is -5.06. The summed E-state index contributed by atoms with van der Waals surface area (Å²) in [7, 11) is 0. The van der Waals surface area contributed by atoms with E-state index < -0.39 is 11.8 Å². The van der Waals surface area contributed by atoms with E-state index in [1.165, 1.54) is 24.3 Å². The molecule has 5 aromatic carbocycles. The van der Waals surface area contributed by atoms with Gasteiger partial charge in [0.15, 0.2) is 5.78 Å². The first-order valence-corrected chi connectivity index (χ1v) is 14.6. The van der Waals surface area contributed by atoms with Gasteiger partial charge in [-0.3, -0.25) is 14.9 Å². The number of hydrogen-bond acceptors (Lipinski definition) is 4. The highest BCUT2D eigenvalue weighted by atomic mass is 31.2. The zero-order valence-electron chi connectivity index (χ0n) is 21.3. The standard InChI is InChI=1S/C33H24N3O3P/c37-31(24-20-22-25(23-21-24)36(38)39)32(33-34-29-18-10-11-19-30(29)35-33)40(26-12-4-1-5-13-26,27-14-6-2-7-15-27)28-16-8-3-9-17-28/h1-23H,(H,34,35). The number of imidazole rings is 1. The first-order chi connectivity index (χ1) is 19.6. The predicted molar refractivity (Wildman–Crippen MR) is 163 cm³/mol. The van der Waals surface area contributed by atoms with E-state index in [-0.39, 0.29) is 11.5 Å². The number of nitrogens with one attached hydrogen (secondary N) is 1. The van der Waals surface area contributed by atoms with E-state index in [1.54, 1.807) is 0 Å². The van der Waals surface area contributed by atoms with Crippen LogP contribution in [0.5, 0.6) is 0 Å². The maximum absolute atomic E-state index is 14.8. The molecule has 6 aromatic rings. The summed E-state index contributed by atoms with van der Waals surface area (Å²) >= 11 is 0. The molecule has 0 atom stereocenters. The third-order valence-electron chi connectivity index (χ3n) is 6.93. The molecule has 6 rings (SSSR count). The molecule has 0 aliphatic heterocycles. The molecular weight excluding hydrogens is 517 g/mol. The lowest BCUT2D eigenvalue weighted by atomic mass is 10.1. The lowest BCUT2D eigenvalue weighted by Gasteiger charge is -2.31. The van der Waals surface area contributed by atoms with Crippen molar-refractivity contribution in [3.8, 4) is 0 Å². The number of carbonyl (C=O) groups excluding carboxylic acids is 1. The van der Waals surface area contributed by atoms with E-state index in [2.05, 4.69) is 41.4 Å². The summed E-state index contributed by atoms with van der Waals surface area (Å²) in [6.45, 7) is -2.85. The largest absolute Gasteiger partial charge is 0.338 e. The molecule has 194 valence electrons. The van der Waals surface area contributed by atoms with Gasteiger partial charge in [-0.25, -0.2) is 4.98 Å². The highest BCUT2D eigenvalue weighted by Crippen LogP contribution is 2.48. The van der Waals surface area contributed by atoms with Crippen LogP contribution in [0.15, 0.2) is 140 Å². The quantitative estimate of drug-likeness (QED) is 0.119. The molecule has 0 fully saturated rings. The number of nitro groups is 1. The fourth-order valence-corrected chi connectivity index (χ4v) is 9.53. The van der Waals surface area contributed by atoms with Crippen LogP contribution in [0.4, 0.5) is 5.69 Å². The molecule has 6 nitrogen and oxygen atoms in total. The summed E-state index contributed by atoms with van der Waals surface area (Å²) < 4.78 is 0. The maximum Gasteiger partial charge on any atom is 0.269 e. The van der Waals surface area contributed by atoms with Crippen LogP contribution in [0.2, 0.25) is 0 Å². The summed E-state index contributed by atoms with van der Waals surface area (Å²) in [6.07, 6.45) is 0. The number of aromatic nitrogens is 2. The molecular formula is C33H24N3O3P. The van der Waals surface area contributed by atoms with Crippen LogP contribution in [0.3, 0.4) is 0 Å². The van der Waals surface area contributed by atoms with E-state index in [0.29, 0.717) is 16.7 Å². The van der Waals surface area contributed by atoms with Crippen LogP contribution >= 0.6 is 6.89 Å². The minimum atomic E-state index is -2.85. The third kappa shape index (κ3) is 4.35. The van der Waals surface area contributed by atoms with Gasteiger partial charge in [-0.15, -0.1) is 0 Å². The van der Waals surface area contributed by atoms with Crippen molar-refractivity contribution in [3.63, 3.8) is 0 Å². The Morgan fingerprint density at radius 2 is 1.12 bits per heavy atom. The number of benzene rings is 5. The van der Waals surface area contributed by atoms with Gasteiger partial charge in [0.2, 0.25) is 0 Å². The fraction of sp³-hybridized carbons (Fsp3) is 0. The third-order valence-corrected chi connectivity index (χ3v) is 11.2. The minimum absolute atomic E-state index is 0.0722. The Morgan fingerprint density at radius 3 is 1.60 bits per heavy atom. The lowest BCUT2D eigenvalue weighted by Crippen LogP contribution is -2.34. The number of Topliss-reactive ketones (excluding diaryl/α,β-unsaturated/α-hetero) is 1. The number of nitro benzene ring substituents is 1. The van der Waals surface area contributed by atoms with Crippen molar-refractivity contribution >= 4 is 50.6 Å². The molecule has 0 aliphatic rings. The minimum Gasteiger partial charge on any atom is -0.338 e. The van der Waals surface area contributed by atoms with Crippen LogP contribution in [-0.4, -0.2) is 26.0 Å². The van der Waals surface area contributed by atoms with Crippen molar-refractivity contribution in [3.05, 3.63) is 161 Å². The number of para-hydroxylation sites is 2. The Balaban J connectivity index is 1.82. The summed E-state index contributed by atoms with van der Waals surface area (Å²) in [5.41, 5.74) is 1.85. The highest BCUT2D eigenvalue weighted by Gasteiger charge is 2.36. The van der Waals surface area contributed by atoms with Gasteiger partial charge in [-0.05, 0) is 47.1 Å². The molecule has 1 N–H and O–H groups in total. The molecule has 0 saturated heterocycles. The number of non-ortho nitro benzene ring substituents is 1. The van der Waals surface area contributed by atoms with Gasteiger partial charge in [-0.2, -0.15) is 0 Å². The topological polar surface area (TPSA) is 88.9 Å². The number of ketones is 1. The lowest BCUT2D eigenvalue weighted by molar-refractivity contribution is -0.384. The second-order valence-corrected chi connectivity index (χ2v) is 12.6. The SMILES string of the molecule is O=C(C(c1nc2ccccc2[nH]1)=P(c1ccccc1)(c1ccccc1)c1ccccc1)c1ccc([N+](=O)[O-])cc1. The highest BCUT2D eigenvalue weighted by molar-refractivity contribution is 7.96. The van der Waals surface area contributed by atoms with Crippen molar-refractivity contribution in [1.82, 2.24) is 9.97 Å². The second-order valence-electron chi connectivity index (χ2n) is 9.26. The number of rotatable bonds is 7. The van der Waals surface area contributed by atoms with Crippen LogP contribution < -0.4 is 15.9 Å². The normalized spacial score (nSPS) is 11.3. The fourth-order valence-electron chi connectivity index (χ4n) is 5.14. The van der Waals surface area contributed by atoms with Gasteiger partial charge in [0.25, 0.3) is 5.69 Å². The monoisotopic (exact) mass is 541 g/mol. The number of hydrogen-bond donors (Lipinski definition) is 1. The zero-order valence-corrected chi connectivity index (χ0v) is 22.2. The van der Waals surface area contributed by atoms with E-state index in [0.717, 1.165) is 26.9 Å². The maximum atomic E-state index is 14.8. The number of H-pyrrole nitrogens is 1. The average molecular weight is 542 g/mol. The van der Waals surface area contributed by atoms with Crippen LogP contribution in [0.25, 0.3) is 11.0 Å². The summed E-state index contributed by atoms with van der Waals surface area (Å²) in [4.78, 5) is 34.1. The summed E-state index contributed by atoms with van der Waals surface area (Å²) in [5, 5.41) is 14.9. The number of fused-ring (bicyclic) bond motifs is 1. The summed E-state index contributed by atoms with van der Waals surface area (Å²) in [6, 6.07) is 43.7. The van der Waals surface area contributed by atoms with Gasteiger partial charge >= 0.3 is 0 Å². The van der Waals surface area contributed by atoms with Crippen molar-refractivity contribution in [2.45, 2.75) is 0 Å². The van der Waals surface area contributed by atoms with E-state index >= 15 is 0 Å². The summed E-state index contributed by atoms with van der Waals surface area (Å²) in [5.74, 6) is 0.244. The Morgan fingerprint density at radius 1 is 0.650 bits per heavy atom. The average Bonchev–Trinajstić information content (AvgIpc) is 3.44. The molecule has 0 amide bonds. The molecule has 0 spiro atoms. The van der Waals surface area contributed by atoms with Gasteiger partial charge in [0.05, 0.1) is 21.3 Å². The first kappa shape index (κ1) is 25.2. The van der Waals surface area contributed by atoms with Gasteiger partial charge in [-0.1, -0.05) is 103 Å². The second kappa shape index (κ2) is 10.6. The number of carbonyl (C=O) groups is 1. The van der Waals surface area contributed by atoms with Crippen LogP contribution in [0.1, 0.15) is 16.2 Å². The number of nitrogens with zero attached hydrogens (tertiary/aromatic N) is 2. The molecule has 0 aliphatic carbocycles. The molecule has 0 radical (unpaired) electrons. The smallest absolute Gasteiger partial charge is 0.269 e. The predicted octanol–water partition coefficient (Wildman–Crippen LogP) is 5.87. The van der Waals surface area contributed by atoms with Crippen molar-refractivity contribution in [2.24, 2.45) is 0 Å². The van der Waals surface area contributed by atoms with Gasteiger partial charge < -0.3 is 4.98 Å². The van der Waals surface area contributed by atoms with Crippen LogP contribution in [0, 0.1) is 10.1 Å². The molecule has 40 heavy (non-hydrogen) atoms. The van der Waals surface area contributed by atoms with E-state index in [9.17, 15) is 14.9 Å². The van der Waals surface area contributed by atoms with E-state index in [4.69, 9.17) is 4.98 Å². The zero-order chi connectivity index (χ0) is 27.5. The molecule has 0 bridgehead atoms. The van der Waals surface area contributed by atoms with Crippen LogP contribution in [-0.2, 0) is 0 Å². The molecule has 1 aromatic heterocycles. The Kier molecular flexibility index (Phi) is 6.69. The molecule has 1 heterocycles. The van der Waals surface area contributed by atoms with Gasteiger partial charge in [0.1, 0.15) is 5.82 Å².